The van der Waals surface area contributed by atoms with E-state index < -0.39 is 18.3 Å². The van der Waals surface area contributed by atoms with E-state index in [0.717, 1.165) is 25.5 Å². The SMILES string of the molecule is Cn1c(-c2ccc(OC(F)F)cc2F)cnc1C(=O)Nc1ccc(C(=O)N2CCN(C(=O)C[C@@H]3CCCN3)CC2)c(Cl)c1.O=CO. The van der Waals surface area contributed by atoms with Gasteiger partial charge in [-0.25, -0.2) is 9.37 Å². The van der Waals surface area contributed by atoms with Crippen molar-refractivity contribution in [2.45, 2.75) is 31.9 Å². The van der Waals surface area contributed by atoms with Gasteiger partial charge in [0, 0.05) is 63.0 Å². The number of carboxylic acid groups (broad SMARTS) is 1. The molecule has 2 saturated heterocycles. The molecule has 0 saturated carbocycles. The van der Waals surface area contributed by atoms with Gasteiger partial charge in [0.2, 0.25) is 5.91 Å². The number of hydrogen-bond acceptors (Lipinski definition) is 7. The van der Waals surface area contributed by atoms with Crippen molar-refractivity contribution in [1.82, 2.24) is 24.7 Å². The highest BCUT2D eigenvalue weighted by Crippen LogP contribution is 2.28. The summed E-state index contributed by atoms with van der Waals surface area (Å²) in [6.45, 7) is -0.717. The van der Waals surface area contributed by atoms with Crippen LogP contribution < -0.4 is 15.4 Å². The lowest BCUT2D eigenvalue weighted by Crippen LogP contribution is -2.51. The maximum atomic E-state index is 14.6. The van der Waals surface area contributed by atoms with Gasteiger partial charge in [-0.3, -0.25) is 19.2 Å². The van der Waals surface area contributed by atoms with Crippen LogP contribution in [0.3, 0.4) is 0 Å². The first kappa shape index (κ1) is 34.2. The molecule has 2 aliphatic rings. The molecule has 2 aliphatic heterocycles. The minimum atomic E-state index is -3.09. The fraction of sp³-hybridized carbons (Fsp3) is 0.367. The summed E-state index contributed by atoms with van der Waals surface area (Å²) in [6, 6.07) is 8.01. The Morgan fingerprint density at radius 3 is 2.46 bits per heavy atom. The summed E-state index contributed by atoms with van der Waals surface area (Å²) in [5.74, 6) is -2.00. The van der Waals surface area contributed by atoms with Gasteiger partial charge in [-0.15, -0.1) is 0 Å². The summed E-state index contributed by atoms with van der Waals surface area (Å²) in [6.07, 6.45) is 3.83. The summed E-state index contributed by atoms with van der Waals surface area (Å²) < 4.78 is 45.0. The Bertz CT molecular complexity index is 1570. The molecule has 246 valence electrons. The van der Waals surface area contributed by atoms with Crippen molar-refractivity contribution in [3.8, 4) is 17.0 Å². The number of piperazine rings is 1. The van der Waals surface area contributed by atoms with Gasteiger partial charge in [0.15, 0.2) is 5.82 Å². The molecule has 1 aromatic heterocycles. The zero-order chi connectivity index (χ0) is 33.4. The van der Waals surface area contributed by atoms with Crippen molar-refractivity contribution >= 4 is 41.5 Å². The van der Waals surface area contributed by atoms with Crippen LogP contribution in [0.5, 0.6) is 5.75 Å². The molecule has 16 heteroatoms. The van der Waals surface area contributed by atoms with Gasteiger partial charge in [-0.2, -0.15) is 8.78 Å². The molecule has 0 spiro atoms. The van der Waals surface area contributed by atoms with E-state index in [4.69, 9.17) is 21.5 Å². The van der Waals surface area contributed by atoms with Crippen LogP contribution >= 0.6 is 11.6 Å². The van der Waals surface area contributed by atoms with E-state index in [1.807, 2.05) is 0 Å². The molecule has 12 nitrogen and oxygen atoms in total. The number of nitrogens with one attached hydrogen (secondary N) is 2. The molecular formula is C30H32ClF3N6O6. The summed E-state index contributed by atoms with van der Waals surface area (Å²) >= 11 is 6.43. The number of hydrogen-bond donors (Lipinski definition) is 3. The molecule has 46 heavy (non-hydrogen) atoms. The maximum Gasteiger partial charge on any atom is 0.387 e. The normalized spacial score (nSPS) is 16.1. The van der Waals surface area contributed by atoms with Crippen molar-refractivity contribution < 1.29 is 42.2 Å². The zero-order valence-corrected chi connectivity index (χ0v) is 25.5. The van der Waals surface area contributed by atoms with E-state index in [9.17, 15) is 27.6 Å². The third-order valence-corrected chi connectivity index (χ3v) is 7.91. The molecule has 5 rings (SSSR count). The van der Waals surface area contributed by atoms with Crippen molar-refractivity contribution in [3.63, 3.8) is 0 Å². The van der Waals surface area contributed by atoms with Crippen LogP contribution in [0.4, 0.5) is 18.9 Å². The average Bonchev–Trinajstić information content (AvgIpc) is 3.67. The van der Waals surface area contributed by atoms with Gasteiger partial charge in [-0.05, 0) is 49.7 Å². The summed E-state index contributed by atoms with van der Waals surface area (Å²) in [4.78, 5) is 54.6. The van der Waals surface area contributed by atoms with Crippen LogP contribution in [-0.4, -0.2) is 94.0 Å². The Morgan fingerprint density at radius 2 is 1.85 bits per heavy atom. The summed E-state index contributed by atoms with van der Waals surface area (Å²) in [5, 5.41) is 13.0. The molecule has 0 bridgehead atoms. The number of carbonyl (C=O) groups excluding carboxylic acids is 3. The standard InChI is InChI=1S/C29H30ClF3N6O4.CH2O2/c1-37-24(21-7-5-19(15-23(21)31)43-29(32)33)16-35-26(37)27(41)36-18-4-6-20(22(30)13-18)28(42)39-11-9-38(10-12-39)25(40)14-17-3-2-8-34-17;2-1-3/h4-7,13,15-17,29,34H,2-3,8-12,14H2,1H3,(H,36,41);1H,(H,2,3)/t17-;/m0./s1. The molecule has 3 aromatic rings. The largest absolute Gasteiger partial charge is 0.483 e. The first-order valence-electron chi connectivity index (χ1n) is 14.3. The fourth-order valence-electron chi connectivity index (χ4n) is 5.30. The Kier molecular flexibility index (Phi) is 11.6. The predicted molar refractivity (Wildman–Crippen MR) is 161 cm³/mol. The second-order valence-electron chi connectivity index (χ2n) is 10.5. The zero-order valence-electron chi connectivity index (χ0n) is 24.7. The number of halogens is 4. The second-order valence-corrected chi connectivity index (χ2v) is 10.9. The minimum absolute atomic E-state index is 0.0394. The highest BCUT2D eigenvalue weighted by atomic mass is 35.5. The third-order valence-electron chi connectivity index (χ3n) is 7.59. The Balaban J connectivity index is 0.00000154. The van der Waals surface area contributed by atoms with Crippen molar-refractivity contribution in [2.75, 3.05) is 38.0 Å². The number of benzene rings is 2. The Hall–Kier alpha value is -4.63. The topological polar surface area (TPSA) is 146 Å². The molecular weight excluding hydrogens is 633 g/mol. The molecule has 3 N–H and O–H groups in total. The van der Waals surface area contributed by atoms with E-state index >= 15 is 0 Å². The van der Waals surface area contributed by atoms with Gasteiger partial charge in [0.25, 0.3) is 18.3 Å². The lowest BCUT2D eigenvalue weighted by molar-refractivity contribution is -0.133. The molecule has 1 atom stereocenters. The lowest BCUT2D eigenvalue weighted by Gasteiger charge is -2.35. The first-order chi connectivity index (χ1) is 22.0. The van der Waals surface area contributed by atoms with Gasteiger partial charge in [0.1, 0.15) is 11.6 Å². The highest BCUT2D eigenvalue weighted by Gasteiger charge is 2.28. The molecule has 2 aromatic carbocycles. The van der Waals surface area contributed by atoms with Gasteiger partial charge in [-0.1, -0.05) is 11.6 Å². The van der Waals surface area contributed by atoms with E-state index in [1.54, 1.807) is 9.80 Å². The van der Waals surface area contributed by atoms with Crippen LogP contribution in [-0.2, 0) is 16.6 Å². The number of ether oxygens (including phenoxy) is 1. The average molecular weight is 665 g/mol. The number of nitrogens with zero attached hydrogens (tertiary/aromatic N) is 4. The molecule has 0 aliphatic carbocycles. The van der Waals surface area contributed by atoms with Crippen LogP contribution in [0, 0.1) is 5.82 Å². The van der Waals surface area contributed by atoms with Crippen molar-refractivity contribution in [3.05, 3.63) is 64.8 Å². The quantitative estimate of drug-likeness (QED) is 0.308. The van der Waals surface area contributed by atoms with Crippen LogP contribution in [0.1, 0.15) is 40.2 Å². The first-order valence-corrected chi connectivity index (χ1v) is 14.7. The number of alkyl halides is 2. The number of anilines is 1. The van der Waals surface area contributed by atoms with Crippen LogP contribution in [0.2, 0.25) is 5.02 Å². The highest BCUT2D eigenvalue weighted by molar-refractivity contribution is 6.34. The summed E-state index contributed by atoms with van der Waals surface area (Å²) in [5.41, 5.74) is 0.857. The lowest BCUT2D eigenvalue weighted by atomic mass is 10.1. The van der Waals surface area contributed by atoms with E-state index in [1.165, 1.54) is 48.1 Å². The fourth-order valence-corrected chi connectivity index (χ4v) is 5.57. The second kappa shape index (κ2) is 15.6. The van der Waals surface area contributed by atoms with E-state index in [0.29, 0.717) is 38.3 Å². The van der Waals surface area contributed by atoms with E-state index in [2.05, 4.69) is 20.4 Å². The number of rotatable bonds is 8. The monoisotopic (exact) mass is 664 g/mol. The number of aromatic nitrogens is 2. The van der Waals surface area contributed by atoms with Crippen molar-refractivity contribution in [2.24, 2.45) is 7.05 Å². The number of amides is 3. The number of imidazole rings is 1. The van der Waals surface area contributed by atoms with Gasteiger partial charge < -0.3 is 34.8 Å². The Morgan fingerprint density at radius 1 is 1.15 bits per heavy atom. The molecule has 3 heterocycles. The van der Waals surface area contributed by atoms with Gasteiger partial charge in [0.05, 0.1) is 22.5 Å². The Labute approximate surface area is 267 Å². The smallest absolute Gasteiger partial charge is 0.387 e. The molecule has 0 unspecified atom stereocenters. The third kappa shape index (κ3) is 8.34. The predicted octanol–water partition coefficient (Wildman–Crippen LogP) is 3.86. The molecule has 0 radical (unpaired) electrons. The molecule has 2 fully saturated rings. The minimum Gasteiger partial charge on any atom is -0.483 e. The van der Waals surface area contributed by atoms with Crippen LogP contribution in [0.25, 0.3) is 11.3 Å². The van der Waals surface area contributed by atoms with Crippen LogP contribution in [0.15, 0.2) is 42.6 Å². The van der Waals surface area contributed by atoms with Gasteiger partial charge >= 0.3 is 6.61 Å². The maximum absolute atomic E-state index is 14.6. The molecule has 3 amide bonds. The number of carbonyl (C=O) groups is 4. The summed E-state index contributed by atoms with van der Waals surface area (Å²) in [7, 11) is 1.51. The van der Waals surface area contributed by atoms with E-state index in [-0.39, 0.29) is 57.7 Å². The van der Waals surface area contributed by atoms with Crippen molar-refractivity contribution in [1.29, 1.82) is 0 Å².